The summed E-state index contributed by atoms with van der Waals surface area (Å²) in [7, 11) is -10.3. The van der Waals surface area contributed by atoms with E-state index in [9.17, 15) is 13.9 Å². The van der Waals surface area contributed by atoms with E-state index in [2.05, 4.69) is 9.05 Å². The van der Waals surface area contributed by atoms with Gasteiger partial charge in [-0.2, -0.15) is 0 Å². The van der Waals surface area contributed by atoms with Crippen molar-refractivity contribution in [1.82, 2.24) is 0 Å². The Morgan fingerprint density at radius 3 is 0.944 bits per heavy atom. The molecule has 0 aromatic heterocycles. The average Bonchev–Trinajstić information content (AvgIpc) is 1.49. The molecule has 0 atom stereocenters. The summed E-state index contributed by atoms with van der Waals surface area (Å²) in [6.45, 7) is 0. The van der Waals surface area contributed by atoms with Crippen molar-refractivity contribution in [1.29, 1.82) is 0 Å². The van der Waals surface area contributed by atoms with Crippen LogP contribution in [0.15, 0.2) is 0 Å². The Bertz CT molecular complexity index is 244. The van der Waals surface area contributed by atoms with Crippen molar-refractivity contribution in [2.24, 2.45) is 0 Å². The van der Waals surface area contributed by atoms with Crippen molar-refractivity contribution in [2.75, 3.05) is 0 Å². The van der Waals surface area contributed by atoms with Crippen molar-refractivity contribution in [3.63, 3.8) is 0 Å². The number of rotatable bonds is 2. The summed E-state index contributed by atoms with van der Waals surface area (Å²) >= 11 is 0. The van der Waals surface area contributed by atoms with Crippen LogP contribution in [-0.4, -0.2) is 203 Å². The van der Waals surface area contributed by atoms with Crippen molar-refractivity contribution < 1.29 is 42.5 Å². The van der Waals surface area contributed by atoms with Gasteiger partial charge in [0, 0.05) is 0 Å². The van der Waals surface area contributed by atoms with E-state index in [1.54, 1.807) is 0 Å². The topological polar surface area (TPSA) is 151 Å². The maximum absolute atomic E-state index is 10.0. The number of hydrogen-bond acceptors (Lipinski definition) is 5. The molecule has 0 aliphatic heterocycles. The van der Waals surface area contributed by atoms with Crippen LogP contribution in [0.5, 0.6) is 0 Å². The van der Waals surface area contributed by atoms with Gasteiger partial charge in [0.15, 0.2) is 0 Å². The van der Waals surface area contributed by atoms with E-state index in [4.69, 9.17) is 19.6 Å². The molecule has 0 unspecified atom stereocenters. The molecule has 0 heterocycles. The molecule has 0 radical (unpaired) electrons. The molecule has 0 aliphatic carbocycles. The van der Waals surface area contributed by atoms with Crippen LogP contribution in [0.1, 0.15) is 0 Å². The fourth-order valence-corrected chi connectivity index (χ4v) is 0.733. The minimum atomic E-state index is -5.13. The van der Waals surface area contributed by atoms with E-state index in [1.807, 2.05) is 0 Å². The SMILES string of the molecule is O=C(OP(=O)(O)O)OP(=O)(O)O.[NaH].[NaH].[NaH].[NaH].[NaH].[NaH]. The number of carbonyl (C=O) groups is 1. The second-order valence-electron chi connectivity index (χ2n) is 1.41. The van der Waals surface area contributed by atoms with Crippen LogP contribution in [0.2, 0.25) is 0 Å². The van der Waals surface area contributed by atoms with Gasteiger partial charge in [0.2, 0.25) is 0 Å². The van der Waals surface area contributed by atoms with Crippen LogP contribution >= 0.6 is 15.6 Å². The van der Waals surface area contributed by atoms with Crippen LogP contribution < -0.4 is 0 Å². The van der Waals surface area contributed by atoms with Gasteiger partial charge in [-0.15, -0.1) is 0 Å². The molecule has 0 bridgehead atoms. The second kappa shape index (κ2) is 20.6. The van der Waals surface area contributed by atoms with E-state index in [-0.39, 0.29) is 177 Å². The molecule has 18 heavy (non-hydrogen) atoms. The van der Waals surface area contributed by atoms with E-state index < -0.39 is 21.8 Å². The first-order valence-electron chi connectivity index (χ1n) is 2.14. The number of hydrogen-bond donors (Lipinski definition) is 4. The summed E-state index contributed by atoms with van der Waals surface area (Å²) in [5.74, 6) is 0. The van der Waals surface area contributed by atoms with Crippen molar-refractivity contribution in [2.45, 2.75) is 0 Å². The molecule has 17 heteroatoms. The Hall–Kier alpha value is 5.57. The molecule has 0 rings (SSSR count). The Kier molecular flexibility index (Phi) is 50.1. The third kappa shape index (κ3) is 37.6. The molecule has 9 nitrogen and oxygen atoms in total. The van der Waals surface area contributed by atoms with Gasteiger partial charge in [0.1, 0.15) is 0 Å². The van der Waals surface area contributed by atoms with E-state index >= 15 is 0 Å². The number of phosphoric ester groups is 2. The molecular formula is CH10Na6O9P2. The molecule has 0 aromatic rings. The van der Waals surface area contributed by atoms with Crippen molar-refractivity contribution in [3.8, 4) is 0 Å². The first kappa shape index (κ1) is 43.7. The summed E-state index contributed by atoms with van der Waals surface area (Å²) in [6.07, 6.45) is -2.14. The Balaban J connectivity index is -0.0000000403. The standard InChI is InChI=1S/CH4O9P2.6Na.6H/c2-1(9-11(3,4)5)10-12(6,7)8;;;;;;;;;;;;/h(H2,3,4,5)(H2,6,7,8);;;;;;;;;;;;. The molecule has 0 aliphatic rings. The van der Waals surface area contributed by atoms with Gasteiger partial charge in [-0.05, 0) is 0 Å². The second-order valence-corrected chi connectivity index (χ2v) is 3.74. The minimum absolute atomic E-state index is 0. The first-order valence-corrected chi connectivity index (χ1v) is 5.20. The van der Waals surface area contributed by atoms with E-state index in [0.29, 0.717) is 0 Å². The summed E-state index contributed by atoms with van der Waals surface area (Å²) in [6, 6.07) is 0. The molecule has 84 valence electrons. The van der Waals surface area contributed by atoms with Crippen molar-refractivity contribution in [3.05, 3.63) is 0 Å². The predicted octanol–water partition coefficient (Wildman–Crippen LogP) is -4.57. The van der Waals surface area contributed by atoms with Crippen LogP contribution in [0.3, 0.4) is 0 Å². The number of carbonyl (C=O) groups excluding carboxylic acids is 1. The van der Waals surface area contributed by atoms with Gasteiger partial charge < -0.3 is 9.05 Å². The summed E-state index contributed by atoms with van der Waals surface area (Å²) in [5, 5.41) is 0. The van der Waals surface area contributed by atoms with Gasteiger partial charge in [0.25, 0.3) is 0 Å². The fraction of sp³-hybridized carbons (Fsp3) is 0. The van der Waals surface area contributed by atoms with Gasteiger partial charge >= 0.3 is 199 Å². The van der Waals surface area contributed by atoms with Gasteiger partial charge in [-0.3, -0.25) is 19.6 Å². The van der Waals surface area contributed by atoms with Gasteiger partial charge in [-0.25, -0.2) is 13.9 Å². The zero-order chi connectivity index (χ0) is 9.99. The normalized spacial score (nSPS) is 8.22. The number of phosphoric acid groups is 2. The monoisotopic (exact) mass is 366 g/mol. The third-order valence-electron chi connectivity index (χ3n) is 0.387. The van der Waals surface area contributed by atoms with E-state index in [1.165, 1.54) is 0 Å². The first-order chi connectivity index (χ1) is 5.10. The molecule has 0 aromatic carbocycles. The van der Waals surface area contributed by atoms with Gasteiger partial charge in [-0.1, -0.05) is 0 Å². The summed E-state index contributed by atoms with van der Waals surface area (Å²) in [5.41, 5.74) is 0. The predicted molar refractivity (Wildman–Crippen MR) is 74.5 cm³/mol. The molecule has 0 fully saturated rings. The third-order valence-corrected chi connectivity index (χ3v) is 1.16. The molecule has 0 amide bonds. The Morgan fingerprint density at radius 2 is 0.833 bits per heavy atom. The average molecular weight is 366 g/mol. The summed E-state index contributed by atoms with van der Waals surface area (Å²) < 4.78 is 25.9. The van der Waals surface area contributed by atoms with Crippen LogP contribution in [0.25, 0.3) is 0 Å². The molecule has 0 saturated carbocycles. The van der Waals surface area contributed by atoms with Gasteiger partial charge in [0.05, 0.1) is 0 Å². The van der Waals surface area contributed by atoms with Crippen LogP contribution in [0, 0.1) is 0 Å². The fourth-order valence-electron chi connectivity index (χ4n) is 0.211. The van der Waals surface area contributed by atoms with Crippen LogP contribution in [-0.2, 0) is 18.2 Å². The quantitative estimate of drug-likeness (QED) is 0.280. The Labute approximate surface area is 236 Å². The molecule has 4 N–H and O–H groups in total. The Morgan fingerprint density at radius 1 is 0.667 bits per heavy atom. The molecule has 0 saturated heterocycles. The zero-order valence-corrected chi connectivity index (χ0v) is 7.01. The summed E-state index contributed by atoms with van der Waals surface area (Å²) in [4.78, 5) is 41.7. The van der Waals surface area contributed by atoms with Crippen LogP contribution in [0.4, 0.5) is 4.79 Å². The molecular weight excluding hydrogens is 356 g/mol. The van der Waals surface area contributed by atoms with E-state index in [0.717, 1.165) is 0 Å². The zero-order valence-electron chi connectivity index (χ0n) is 5.22. The van der Waals surface area contributed by atoms with Crippen molar-refractivity contribution >= 4 is 199 Å². The molecule has 0 spiro atoms. The maximum atomic E-state index is 10.0.